The van der Waals surface area contributed by atoms with Gasteiger partial charge in [-0.15, -0.1) is 12.4 Å². The molecule has 0 heterocycles. The van der Waals surface area contributed by atoms with Crippen molar-refractivity contribution in [1.29, 1.82) is 0 Å². The molecule has 0 bridgehead atoms. The van der Waals surface area contributed by atoms with Gasteiger partial charge in [0.1, 0.15) is 0 Å². The summed E-state index contributed by atoms with van der Waals surface area (Å²) in [5, 5.41) is 0. The molecule has 2 heteroatoms. The molecule has 2 aromatic carbocycles. The van der Waals surface area contributed by atoms with Gasteiger partial charge in [-0.2, -0.15) is 0 Å². The molecule has 0 spiro atoms. The van der Waals surface area contributed by atoms with Crippen molar-refractivity contribution in [3.63, 3.8) is 0 Å². The molecule has 2 aromatic rings. The van der Waals surface area contributed by atoms with Gasteiger partial charge < -0.3 is 5.73 Å². The van der Waals surface area contributed by atoms with Crippen LogP contribution in [0.1, 0.15) is 17.2 Å². The molecule has 0 radical (unpaired) electrons. The Labute approximate surface area is 96.3 Å². The van der Waals surface area contributed by atoms with Crippen LogP contribution in [0.5, 0.6) is 0 Å². The number of benzene rings is 2. The lowest BCUT2D eigenvalue weighted by atomic mass is 10.00. The van der Waals surface area contributed by atoms with Crippen molar-refractivity contribution in [2.24, 2.45) is 5.73 Å². The number of halogens is 1. The average molecular weight is 220 g/mol. The van der Waals surface area contributed by atoms with E-state index in [2.05, 4.69) is 24.3 Å². The Morgan fingerprint density at radius 3 is 1.33 bits per heavy atom. The maximum absolute atomic E-state index is 6.12. The standard InChI is InChI=1S/C13H13N.ClH/c14-13(11-7-3-1-4-8-11)12-9-5-2-6-10-12;/h1-10,13H,14H2;1H. The largest absolute Gasteiger partial charge is 0.320 e. The summed E-state index contributed by atoms with van der Waals surface area (Å²) in [7, 11) is 0. The van der Waals surface area contributed by atoms with E-state index in [0.29, 0.717) is 0 Å². The van der Waals surface area contributed by atoms with E-state index in [1.165, 1.54) is 0 Å². The van der Waals surface area contributed by atoms with Gasteiger partial charge in [0.15, 0.2) is 0 Å². The van der Waals surface area contributed by atoms with Gasteiger partial charge in [-0.1, -0.05) is 60.7 Å². The molecule has 0 fully saturated rings. The molecule has 0 unspecified atom stereocenters. The Morgan fingerprint density at radius 2 is 1.00 bits per heavy atom. The Balaban J connectivity index is 0.00000112. The average Bonchev–Trinajstić information content (AvgIpc) is 2.30. The summed E-state index contributed by atoms with van der Waals surface area (Å²) in [4.78, 5) is 0. The third-order valence-corrected chi connectivity index (χ3v) is 2.32. The number of nitrogens with two attached hydrogens (primary N) is 1. The highest BCUT2D eigenvalue weighted by molar-refractivity contribution is 5.85. The molecule has 0 amide bonds. The van der Waals surface area contributed by atoms with Crippen LogP contribution in [0.25, 0.3) is 0 Å². The van der Waals surface area contributed by atoms with Gasteiger partial charge in [-0.25, -0.2) is 0 Å². The molecule has 0 aliphatic carbocycles. The predicted molar refractivity (Wildman–Crippen MR) is 66.2 cm³/mol. The molecule has 0 aliphatic heterocycles. The Hall–Kier alpha value is -1.31. The summed E-state index contributed by atoms with van der Waals surface area (Å²) in [6.45, 7) is 0. The van der Waals surface area contributed by atoms with Crippen molar-refractivity contribution in [3.8, 4) is 0 Å². The zero-order chi connectivity index (χ0) is 9.80. The molecule has 0 atom stereocenters. The summed E-state index contributed by atoms with van der Waals surface area (Å²) < 4.78 is 0. The number of hydrogen-bond donors (Lipinski definition) is 1. The fraction of sp³-hybridized carbons (Fsp3) is 0.0769. The van der Waals surface area contributed by atoms with Crippen LogP contribution >= 0.6 is 12.4 Å². The molecular weight excluding hydrogens is 206 g/mol. The lowest BCUT2D eigenvalue weighted by Crippen LogP contribution is -2.11. The maximum atomic E-state index is 6.12. The van der Waals surface area contributed by atoms with E-state index in [4.69, 9.17) is 5.73 Å². The van der Waals surface area contributed by atoms with E-state index in [1.807, 2.05) is 36.4 Å². The zero-order valence-corrected chi connectivity index (χ0v) is 9.15. The molecule has 2 rings (SSSR count). The van der Waals surface area contributed by atoms with Gasteiger partial charge in [0.05, 0.1) is 6.04 Å². The quantitative estimate of drug-likeness (QED) is 0.825. The van der Waals surface area contributed by atoms with Crippen LogP contribution in [0.3, 0.4) is 0 Å². The van der Waals surface area contributed by atoms with Crippen molar-refractivity contribution in [3.05, 3.63) is 71.8 Å². The molecule has 0 aromatic heterocycles. The second-order valence-electron chi connectivity index (χ2n) is 3.30. The highest BCUT2D eigenvalue weighted by Crippen LogP contribution is 2.18. The summed E-state index contributed by atoms with van der Waals surface area (Å²) >= 11 is 0. The van der Waals surface area contributed by atoms with Crippen molar-refractivity contribution in [2.45, 2.75) is 6.04 Å². The number of rotatable bonds is 2. The third kappa shape index (κ3) is 2.82. The van der Waals surface area contributed by atoms with Crippen LogP contribution in [0.4, 0.5) is 0 Å². The first-order chi connectivity index (χ1) is 6.88. The van der Waals surface area contributed by atoms with Gasteiger partial charge in [-0.3, -0.25) is 0 Å². The molecular formula is C13H14ClN. The van der Waals surface area contributed by atoms with E-state index >= 15 is 0 Å². The molecule has 0 saturated carbocycles. The van der Waals surface area contributed by atoms with Crippen molar-refractivity contribution >= 4 is 12.4 Å². The van der Waals surface area contributed by atoms with Crippen LogP contribution in [0, 0.1) is 0 Å². The second kappa shape index (κ2) is 5.54. The first kappa shape index (κ1) is 11.8. The van der Waals surface area contributed by atoms with Crippen molar-refractivity contribution in [1.82, 2.24) is 0 Å². The lowest BCUT2D eigenvalue weighted by molar-refractivity contribution is 0.871. The Kier molecular flexibility index (Phi) is 4.35. The fourth-order valence-corrected chi connectivity index (χ4v) is 1.51. The van der Waals surface area contributed by atoms with E-state index in [-0.39, 0.29) is 18.4 Å². The molecule has 2 N–H and O–H groups in total. The lowest BCUT2D eigenvalue weighted by Gasteiger charge is -2.11. The smallest absolute Gasteiger partial charge is 0.0551 e. The van der Waals surface area contributed by atoms with Gasteiger partial charge in [-0.05, 0) is 11.1 Å². The van der Waals surface area contributed by atoms with E-state index in [9.17, 15) is 0 Å². The highest BCUT2D eigenvalue weighted by atomic mass is 35.5. The molecule has 78 valence electrons. The molecule has 0 aliphatic rings. The normalized spacial score (nSPS) is 9.73. The summed E-state index contributed by atoms with van der Waals surface area (Å²) in [5.74, 6) is 0. The first-order valence-corrected chi connectivity index (χ1v) is 4.73. The Morgan fingerprint density at radius 1 is 0.667 bits per heavy atom. The molecule has 1 nitrogen and oxygen atoms in total. The minimum atomic E-state index is -0.0163. The van der Waals surface area contributed by atoms with Gasteiger partial charge in [0.2, 0.25) is 0 Å². The number of hydrogen-bond acceptors (Lipinski definition) is 1. The zero-order valence-electron chi connectivity index (χ0n) is 8.34. The molecule has 0 saturated heterocycles. The van der Waals surface area contributed by atoms with Gasteiger partial charge in [0, 0.05) is 0 Å². The van der Waals surface area contributed by atoms with Gasteiger partial charge in [0.25, 0.3) is 0 Å². The summed E-state index contributed by atoms with van der Waals surface area (Å²) in [5.41, 5.74) is 8.42. The van der Waals surface area contributed by atoms with Gasteiger partial charge >= 0.3 is 0 Å². The van der Waals surface area contributed by atoms with E-state index in [1.54, 1.807) is 0 Å². The van der Waals surface area contributed by atoms with E-state index < -0.39 is 0 Å². The van der Waals surface area contributed by atoms with E-state index in [0.717, 1.165) is 11.1 Å². The second-order valence-corrected chi connectivity index (χ2v) is 3.30. The van der Waals surface area contributed by atoms with Crippen LogP contribution in [0.15, 0.2) is 60.7 Å². The van der Waals surface area contributed by atoms with Crippen molar-refractivity contribution < 1.29 is 0 Å². The summed E-state index contributed by atoms with van der Waals surface area (Å²) in [6, 6.07) is 20.2. The van der Waals surface area contributed by atoms with Crippen molar-refractivity contribution in [2.75, 3.05) is 0 Å². The minimum Gasteiger partial charge on any atom is -0.320 e. The summed E-state index contributed by atoms with van der Waals surface area (Å²) in [6.07, 6.45) is 0. The van der Waals surface area contributed by atoms with Crippen LogP contribution < -0.4 is 5.73 Å². The topological polar surface area (TPSA) is 26.0 Å². The minimum absolute atomic E-state index is 0. The predicted octanol–water partition coefficient (Wildman–Crippen LogP) is 3.16. The Bertz CT molecular complexity index is 346. The monoisotopic (exact) mass is 219 g/mol. The van der Waals surface area contributed by atoms with Crippen LogP contribution in [-0.4, -0.2) is 0 Å². The van der Waals surface area contributed by atoms with Crippen LogP contribution in [-0.2, 0) is 0 Å². The first-order valence-electron chi connectivity index (χ1n) is 4.73. The fourth-order valence-electron chi connectivity index (χ4n) is 1.51. The molecule has 15 heavy (non-hydrogen) atoms. The van der Waals surface area contributed by atoms with Crippen LogP contribution in [0.2, 0.25) is 0 Å². The SMILES string of the molecule is Cl.NC(c1ccccc1)c1ccccc1. The third-order valence-electron chi connectivity index (χ3n) is 2.32. The maximum Gasteiger partial charge on any atom is 0.0551 e. The highest BCUT2D eigenvalue weighted by Gasteiger charge is 2.06.